The zero-order valence-corrected chi connectivity index (χ0v) is 9.85. The van der Waals surface area contributed by atoms with Gasteiger partial charge in [-0.3, -0.25) is 0 Å². The van der Waals surface area contributed by atoms with Crippen molar-refractivity contribution in [3.05, 3.63) is 42.0 Å². The largest absolute Gasteiger partial charge is 0.399 e. The maximum atomic E-state index is 11.1. The quantitative estimate of drug-likeness (QED) is 0.572. The van der Waals surface area contributed by atoms with E-state index < -0.39 is 16.3 Å². The maximum absolute atomic E-state index is 11.1. The Hall–Kier alpha value is -1.43. The summed E-state index contributed by atoms with van der Waals surface area (Å²) in [6, 6.07) is 10.8. The van der Waals surface area contributed by atoms with Gasteiger partial charge in [0.15, 0.2) is 11.1 Å². The molecular formula is C12H13NO3S. The van der Waals surface area contributed by atoms with Crippen molar-refractivity contribution in [3.63, 3.8) is 0 Å². The fraction of sp³-hybridized carbons (Fsp3) is 0.167. The van der Waals surface area contributed by atoms with Crippen LogP contribution in [0.3, 0.4) is 0 Å². The molecule has 2 aromatic rings. The van der Waals surface area contributed by atoms with E-state index in [4.69, 9.17) is 15.4 Å². The molecular weight excluding hydrogens is 238 g/mol. The number of hydrogen-bond acceptors (Lipinski definition) is 3. The van der Waals surface area contributed by atoms with Gasteiger partial charge in [-0.05, 0) is 34.5 Å². The fourth-order valence-corrected chi connectivity index (χ4v) is 2.28. The average molecular weight is 251 g/mol. The summed E-state index contributed by atoms with van der Waals surface area (Å²) in [7, 11) is 0. The molecule has 0 aliphatic carbocycles. The third-order valence-electron chi connectivity index (χ3n) is 2.67. The minimum atomic E-state index is -2.08. The van der Waals surface area contributed by atoms with Gasteiger partial charge in [0.2, 0.25) is 0 Å². The van der Waals surface area contributed by atoms with Gasteiger partial charge in [0.05, 0.1) is 6.61 Å². The van der Waals surface area contributed by atoms with Crippen LogP contribution in [0.2, 0.25) is 0 Å². The highest BCUT2D eigenvalue weighted by molar-refractivity contribution is 7.79. The molecule has 0 spiro atoms. The van der Waals surface area contributed by atoms with Crippen molar-refractivity contribution in [2.24, 2.45) is 0 Å². The number of rotatable bonds is 3. The van der Waals surface area contributed by atoms with Crippen molar-refractivity contribution in [2.45, 2.75) is 5.25 Å². The van der Waals surface area contributed by atoms with Gasteiger partial charge in [-0.25, -0.2) is 4.21 Å². The van der Waals surface area contributed by atoms with Gasteiger partial charge in [0, 0.05) is 5.69 Å². The van der Waals surface area contributed by atoms with Gasteiger partial charge in [0.25, 0.3) is 0 Å². The monoisotopic (exact) mass is 251 g/mol. The average Bonchev–Trinajstić information content (AvgIpc) is 2.29. The van der Waals surface area contributed by atoms with Crippen molar-refractivity contribution in [2.75, 3.05) is 12.3 Å². The highest BCUT2D eigenvalue weighted by atomic mass is 32.2. The van der Waals surface area contributed by atoms with Gasteiger partial charge in [0.1, 0.15) is 5.25 Å². The van der Waals surface area contributed by atoms with Crippen LogP contribution in [-0.2, 0) is 11.1 Å². The molecule has 5 heteroatoms. The molecule has 4 nitrogen and oxygen atoms in total. The maximum Gasteiger partial charge on any atom is 0.162 e. The topological polar surface area (TPSA) is 83.5 Å². The minimum Gasteiger partial charge on any atom is -0.399 e. The molecule has 17 heavy (non-hydrogen) atoms. The predicted octanol–water partition coefficient (Wildman–Crippen LogP) is 1.68. The Balaban J connectivity index is 2.50. The van der Waals surface area contributed by atoms with Gasteiger partial charge < -0.3 is 15.4 Å². The Morgan fingerprint density at radius 3 is 2.47 bits per heavy atom. The lowest BCUT2D eigenvalue weighted by Crippen LogP contribution is -2.09. The van der Waals surface area contributed by atoms with Crippen molar-refractivity contribution in [1.29, 1.82) is 0 Å². The van der Waals surface area contributed by atoms with Crippen LogP contribution in [0.25, 0.3) is 10.8 Å². The summed E-state index contributed by atoms with van der Waals surface area (Å²) < 4.78 is 20.1. The number of hydrogen-bond donors (Lipinski definition) is 3. The molecule has 0 bridgehead atoms. The smallest absolute Gasteiger partial charge is 0.162 e. The number of benzene rings is 2. The summed E-state index contributed by atoms with van der Waals surface area (Å²) >= 11 is -2.08. The lowest BCUT2D eigenvalue weighted by molar-refractivity contribution is 0.290. The second kappa shape index (κ2) is 4.83. The third-order valence-corrected chi connectivity index (χ3v) is 3.58. The first kappa shape index (κ1) is 12.0. The van der Waals surface area contributed by atoms with Crippen LogP contribution >= 0.6 is 0 Å². The van der Waals surface area contributed by atoms with Crippen molar-refractivity contribution in [3.8, 4) is 0 Å². The third kappa shape index (κ3) is 2.46. The van der Waals surface area contributed by atoms with E-state index in [0.717, 1.165) is 10.8 Å². The zero-order chi connectivity index (χ0) is 12.4. The van der Waals surface area contributed by atoms with Crippen LogP contribution in [0.4, 0.5) is 5.69 Å². The van der Waals surface area contributed by atoms with E-state index >= 15 is 0 Å². The molecule has 2 rings (SSSR count). The number of aliphatic hydroxyl groups excluding tert-OH is 1. The molecule has 0 saturated carbocycles. The molecule has 0 aromatic heterocycles. The van der Waals surface area contributed by atoms with E-state index in [-0.39, 0.29) is 6.61 Å². The predicted molar refractivity (Wildman–Crippen MR) is 69.0 cm³/mol. The summed E-state index contributed by atoms with van der Waals surface area (Å²) in [4.78, 5) is 0. The Morgan fingerprint density at radius 2 is 1.82 bits per heavy atom. The molecule has 2 unspecified atom stereocenters. The Labute approximate surface area is 101 Å². The number of fused-ring (bicyclic) bond motifs is 1. The van der Waals surface area contributed by atoms with Crippen molar-refractivity contribution < 1.29 is 13.9 Å². The summed E-state index contributed by atoms with van der Waals surface area (Å²) in [6.07, 6.45) is 0. The molecule has 2 atom stereocenters. The normalized spacial score (nSPS) is 14.7. The molecule has 0 amide bonds. The van der Waals surface area contributed by atoms with Crippen LogP contribution in [0.1, 0.15) is 10.8 Å². The van der Waals surface area contributed by atoms with Crippen molar-refractivity contribution in [1.82, 2.24) is 0 Å². The molecule has 90 valence electrons. The number of anilines is 1. The summed E-state index contributed by atoms with van der Waals surface area (Å²) in [5, 5.41) is 10.2. The Kier molecular flexibility index (Phi) is 3.42. The first-order valence-electron chi connectivity index (χ1n) is 5.11. The lowest BCUT2D eigenvalue weighted by atomic mass is 10.0. The van der Waals surface area contributed by atoms with Crippen LogP contribution in [0.15, 0.2) is 36.4 Å². The van der Waals surface area contributed by atoms with Crippen molar-refractivity contribution >= 4 is 27.5 Å². The summed E-state index contributed by atoms with van der Waals surface area (Å²) in [6.45, 7) is -0.358. The van der Waals surface area contributed by atoms with Gasteiger partial charge in [-0.15, -0.1) is 0 Å². The SMILES string of the molecule is Nc1ccc2cc(C(CO)S(=O)O)ccc2c1. The van der Waals surface area contributed by atoms with Gasteiger partial charge in [-0.2, -0.15) is 0 Å². The summed E-state index contributed by atoms with van der Waals surface area (Å²) in [5.74, 6) is 0. The number of nitrogens with two attached hydrogens (primary N) is 1. The molecule has 2 aromatic carbocycles. The first-order chi connectivity index (χ1) is 8.11. The number of aliphatic hydroxyl groups is 1. The number of nitrogen functional groups attached to an aromatic ring is 1. The van der Waals surface area contributed by atoms with E-state index in [9.17, 15) is 4.21 Å². The van der Waals surface area contributed by atoms with E-state index in [0.29, 0.717) is 11.3 Å². The van der Waals surface area contributed by atoms with Gasteiger partial charge >= 0.3 is 0 Å². The van der Waals surface area contributed by atoms with Crippen LogP contribution < -0.4 is 5.73 Å². The lowest BCUT2D eigenvalue weighted by Gasteiger charge is -2.11. The minimum absolute atomic E-state index is 0.358. The molecule has 0 radical (unpaired) electrons. The molecule has 0 heterocycles. The van der Waals surface area contributed by atoms with E-state index in [2.05, 4.69) is 0 Å². The second-order valence-corrected chi connectivity index (χ2v) is 4.93. The molecule has 0 saturated heterocycles. The first-order valence-corrected chi connectivity index (χ1v) is 6.28. The standard InChI is InChI=1S/C12H13NO3S/c13-11-4-3-8-5-10(2-1-9(8)6-11)12(7-14)17(15)16/h1-6,12,14H,7,13H2,(H,15,16). The fourth-order valence-electron chi connectivity index (χ4n) is 1.77. The molecule has 0 aliphatic heterocycles. The second-order valence-electron chi connectivity index (χ2n) is 3.81. The van der Waals surface area contributed by atoms with Gasteiger partial charge in [-0.1, -0.05) is 18.2 Å². The van der Waals surface area contributed by atoms with E-state index in [1.165, 1.54) is 0 Å². The van der Waals surface area contributed by atoms with Crippen LogP contribution in [0, 0.1) is 0 Å². The Morgan fingerprint density at radius 1 is 1.18 bits per heavy atom. The Bertz CT molecular complexity index is 571. The molecule has 4 N–H and O–H groups in total. The van der Waals surface area contributed by atoms with Crippen LogP contribution in [-0.4, -0.2) is 20.5 Å². The van der Waals surface area contributed by atoms with Crippen LogP contribution in [0.5, 0.6) is 0 Å². The summed E-state index contributed by atoms with van der Waals surface area (Å²) in [5.41, 5.74) is 6.99. The molecule has 0 fully saturated rings. The molecule has 0 aliphatic rings. The van der Waals surface area contributed by atoms with E-state index in [1.54, 1.807) is 18.2 Å². The van der Waals surface area contributed by atoms with E-state index in [1.807, 2.05) is 18.2 Å². The highest BCUT2D eigenvalue weighted by Gasteiger charge is 2.16. The highest BCUT2D eigenvalue weighted by Crippen LogP contribution is 2.24. The zero-order valence-electron chi connectivity index (χ0n) is 9.04.